The van der Waals surface area contributed by atoms with Crippen LogP contribution in [0.2, 0.25) is 5.02 Å². The van der Waals surface area contributed by atoms with Crippen LogP contribution in [-0.4, -0.2) is 27.7 Å². The summed E-state index contributed by atoms with van der Waals surface area (Å²) in [5.74, 6) is 1.23. The molecule has 0 aliphatic heterocycles. The fourth-order valence-corrected chi connectivity index (χ4v) is 2.89. The molecule has 0 saturated heterocycles. The van der Waals surface area contributed by atoms with Crippen molar-refractivity contribution in [3.8, 4) is 11.5 Å². The first-order valence-electron chi connectivity index (χ1n) is 8.50. The molecule has 1 N–H and O–H groups in total. The normalized spacial score (nSPS) is 11.1. The summed E-state index contributed by atoms with van der Waals surface area (Å²) in [6.45, 7) is 4.10. The molecule has 0 radical (unpaired) electrons. The number of hydrogen-bond donors (Lipinski definition) is 1. The third kappa shape index (κ3) is 4.58. The van der Waals surface area contributed by atoms with Crippen molar-refractivity contribution >= 4 is 30.0 Å². The fraction of sp³-hybridized carbons (Fsp3) is 0.211. The van der Waals surface area contributed by atoms with Crippen LogP contribution in [-0.2, 0) is 6.61 Å². The monoisotopic (exact) mass is 420 g/mol. The minimum Gasteiger partial charge on any atom is -0.490 e. The Morgan fingerprint density at radius 3 is 2.79 bits per heavy atom. The summed E-state index contributed by atoms with van der Waals surface area (Å²) in [4.78, 5) is 0. The number of rotatable bonds is 7. The number of benzene rings is 2. The zero-order valence-corrected chi connectivity index (χ0v) is 16.9. The lowest BCUT2D eigenvalue weighted by Crippen LogP contribution is -2.03. The van der Waals surface area contributed by atoms with E-state index in [-0.39, 0.29) is 6.61 Å². The Balaban J connectivity index is 1.82. The Hall–Kier alpha value is -2.71. The van der Waals surface area contributed by atoms with Crippen molar-refractivity contribution in [1.29, 1.82) is 0 Å². The summed E-state index contributed by atoms with van der Waals surface area (Å²) < 4.78 is 27.3. The molecule has 1 heterocycles. The minimum atomic E-state index is -0.415. The quantitative estimate of drug-likeness (QED) is 0.436. The predicted octanol–water partition coefficient (Wildman–Crippen LogP) is 4.90. The molecule has 0 unspecified atom stereocenters. The van der Waals surface area contributed by atoms with Crippen LogP contribution in [0.15, 0.2) is 41.5 Å². The molecule has 146 valence electrons. The summed E-state index contributed by atoms with van der Waals surface area (Å²) in [6.07, 6.45) is 1.64. The maximum absolute atomic E-state index is 13.9. The second-order valence-corrected chi connectivity index (χ2v) is 6.55. The summed E-state index contributed by atoms with van der Waals surface area (Å²) in [5.41, 5.74) is 1.07. The zero-order chi connectivity index (χ0) is 20.1. The van der Waals surface area contributed by atoms with E-state index in [9.17, 15) is 4.39 Å². The molecular weight excluding hydrogens is 403 g/mol. The molecule has 0 amide bonds. The van der Waals surface area contributed by atoms with Crippen LogP contribution < -0.4 is 9.47 Å². The van der Waals surface area contributed by atoms with Gasteiger partial charge < -0.3 is 9.47 Å². The van der Waals surface area contributed by atoms with E-state index in [4.69, 9.17) is 33.3 Å². The second-order valence-electron chi connectivity index (χ2n) is 5.76. The van der Waals surface area contributed by atoms with Gasteiger partial charge in [0.05, 0.1) is 17.8 Å². The van der Waals surface area contributed by atoms with Crippen LogP contribution >= 0.6 is 23.8 Å². The van der Waals surface area contributed by atoms with Crippen molar-refractivity contribution in [1.82, 2.24) is 14.9 Å². The Morgan fingerprint density at radius 1 is 1.29 bits per heavy atom. The number of H-pyrrole nitrogens is 1. The van der Waals surface area contributed by atoms with E-state index in [1.807, 2.05) is 13.0 Å². The van der Waals surface area contributed by atoms with Crippen LogP contribution in [0, 0.1) is 17.5 Å². The standard InChI is InChI=1S/C19H18ClFN4O2S/c1-3-26-18-9-13(10-22-25-12(2)23-24-19(25)28)7-8-17(18)27-11-14-15(20)5-4-6-16(14)21/h4-10H,3,11H2,1-2H3,(H,24,28)/b22-10+. The van der Waals surface area contributed by atoms with E-state index in [0.717, 1.165) is 5.56 Å². The van der Waals surface area contributed by atoms with Crippen molar-refractivity contribution < 1.29 is 13.9 Å². The fourth-order valence-electron chi connectivity index (χ4n) is 2.44. The molecule has 1 aromatic heterocycles. The number of hydrogen-bond acceptors (Lipinski definition) is 5. The molecule has 0 aliphatic rings. The molecule has 0 spiro atoms. The van der Waals surface area contributed by atoms with E-state index < -0.39 is 5.82 Å². The Bertz CT molecular complexity index is 1040. The molecule has 0 atom stereocenters. The number of ether oxygens (including phenoxy) is 2. The minimum absolute atomic E-state index is 0.0115. The van der Waals surface area contributed by atoms with Crippen molar-refractivity contribution in [2.75, 3.05) is 6.61 Å². The smallest absolute Gasteiger partial charge is 0.216 e. The van der Waals surface area contributed by atoms with Gasteiger partial charge in [-0.15, -0.1) is 0 Å². The maximum Gasteiger partial charge on any atom is 0.216 e. The number of aromatic nitrogens is 3. The van der Waals surface area contributed by atoms with Gasteiger partial charge in [0.15, 0.2) is 11.5 Å². The molecular formula is C19H18ClFN4O2S. The number of aromatic amines is 1. The Morgan fingerprint density at radius 2 is 2.11 bits per heavy atom. The number of halogens is 2. The highest BCUT2D eigenvalue weighted by atomic mass is 35.5. The first-order valence-corrected chi connectivity index (χ1v) is 9.29. The van der Waals surface area contributed by atoms with Crippen LogP contribution in [0.25, 0.3) is 0 Å². The lowest BCUT2D eigenvalue weighted by molar-refractivity contribution is 0.266. The molecule has 28 heavy (non-hydrogen) atoms. The summed E-state index contributed by atoms with van der Waals surface area (Å²) >= 11 is 11.2. The molecule has 2 aromatic carbocycles. The van der Waals surface area contributed by atoms with Gasteiger partial charge in [-0.3, -0.25) is 5.10 Å². The molecule has 6 nitrogen and oxygen atoms in total. The van der Waals surface area contributed by atoms with Crippen LogP contribution in [0.5, 0.6) is 11.5 Å². The van der Waals surface area contributed by atoms with Gasteiger partial charge in [0, 0.05) is 5.56 Å². The highest BCUT2D eigenvalue weighted by molar-refractivity contribution is 7.71. The van der Waals surface area contributed by atoms with Crippen molar-refractivity contribution in [2.24, 2.45) is 5.10 Å². The van der Waals surface area contributed by atoms with Gasteiger partial charge in [-0.1, -0.05) is 17.7 Å². The molecule has 3 aromatic rings. The second kappa shape index (κ2) is 8.99. The molecule has 0 saturated carbocycles. The van der Waals surface area contributed by atoms with E-state index in [1.165, 1.54) is 10.7 Å². The zero-order valence-electron chi connectivity index (χ0n) is 15.3. The maximum atomic E-state index is 13.9. The predicted molar refractivity (Wildman–Crippen MR) is 108 cm³/mol. The molecule has 0 fully saturated rings. The summed E-state index contributed by atoms with van der Waals surface area (Å²) in [5, 5.41) is 11.3. The summed E-state index contributed by atoms with van der Waals surface area (Å²) in [6, 6.07) is 9.84. The number of nitrogens with one attached hydrogen (secondary N) is 1. The highest BCUT2D eigenvalue weighted by Gasteiger charge is 2.11. The average molecular weight is 421 g/mol. The van der Waals surface area contributed by atoms with Crippen LogP contribution in [0.1, 0.15) is 23.9 Å². The van der Waals surface area contributed by atoms with E-state index in [0.29, 0.717) is 39.3 Å². The molecule has 3 rings (SSSR count). The van der Waals surface area contributed by atoms with Crippen molar-refractivity contribution in [3.63, 3.8) is 0 Å². The first-order chi connectivity index (χ1) is 13.5. The Kier molecular flexibility index (Phi) is 6.43. The molecule has 9 heteroatoms. The number of nitrogens with zero attached hydrogens (tertiary/aromatic N) is 3. The largest absolute Gasteiger partial charge is 0.490 e. The van der Waals surface area contributed by atoms with Crippen LogP contribution in [0.3, 0.4) is 0 Å². The lowest BCUT2D eigenvalue weighted by atomic mass is 10.2. The van der Waals surface area contributed by atoms with Gasteiger partial charge in [-0.05, 0) is 62.0 Å². The average Bonchev–Trinajstić information content (AvgIpc) is 2.99. The van der Waals surface area contributed by atoms with Gasteiger partial charge in [0.1, 0.15) is 18.2 Å². The molecule has 0 bridgehead atoms. The van der Waals surface area contributed by atoms with Crippen LogP contribution in [0.4, 0.5) is 4.39 Å². The SMILES string of the molecule is CCOc1cc(/C=N/n2c(C)n[nH]c2=S)ccc1OCc1c(F)cccc1Cl. The highest BCUT2D eigenvalue weighted by Crippen LogP contribution is 2.30. The Labute approximate surface area is 171 Å². The summed E-state index contributed by atoms with van der Waals surface area (Å²) in [7, 11) is 0. The number of aryl methyl sites for hydroxylation is 1. The lowest BCUT2D eigenvalue weighted by Gasteiger charge is -2.13. The van der Waals surface area contributed by atoms with E-state index >= 15 is 0 Å². The first kappa shape index (κ1) is 20.0. The third-order valence-corrected chi connectivity index (χ3v) is 4.45. The van der Waals surface area contributed by atoms with E-state index in [2.05, 4.69) is 15.3 Å². The van der Waals surface area contributed by atoms with Gasteiger partial charge in [0.25, 0.3) is 0 Å². The molecule has 0 aliphatic carbocycles. The van der Waals surface area contributed by atoms with E-state index in [1.54, 1.807) is 37.4 Å². The van der Waals surface area contributed by atoms with Gasteiger partial charge in [-0.25, -0.2) is 4.39 Å². The topological polar surface area (TPSA) is 64.4 Å². The van der Waals surface area contributed by atoms with Gasteiger partial charge >= 0.3 is 0 Å². The van der Waals surface area contributed by atoms with Gasteiger partial charge in [-0.2, -0.15) is 14.9 Å². The third-order valence-electron chi connectivity index (χ3n) is 3.84. The van der Waals surface area contributed by atoms with Gasteiger partial charge in [0.2, 0.25) is 4.77 Å². The van der Waals surface area contributed by atoms with Crippen molar-refractivity contribution in [3.05, 3.63) is 69.0 Å². The van der Waals surface area contributed by atoms with Crippen molar-refractivity contribution in [2.45, 2.75) is 20.5 Å².